The second-order valence-corrected chi connectivity index (χ2v) is 5.45. The molecule has 2 aromatic rings. The van der Waals surface area contributed by atoms with Crippen molar-refractivity contribution in [3.63, 3.8) is 0 Å². The van der Waals surface area contributed by atoms with Gasteiger partial charge in [-0.2, -0.15) is 0 Å². The Hall–Kier alpha value is -1.98. The van der Waals surface area contributed by atoms with E-state index in [-0.39, 0.29) is 0 Å². The van der Waals surface area contributed by atoms with Crippen LogP contribution in [-0.2, 0) is 4.79 Å². The lowest BCUT2D eigenvalue weighted by Gasteiger charge is -2.20. The summed E-state index contributed by atoms with van der Waals surface area (Å²) in [5.74, 6) is -1.25. The highest BCUT2D eigenvalue weighted by molar-refractivity contribution is 7.99. The van der Waals surface area contributed by atoms with Crippen molar-refractivity contribution in [1.29, 1.82) is 0 Å². The molecule has 0 aliphatic heterocycles. The highest BCUT2D eigenvalue weighted by atomic mass is 32.2. The van der Waals surface area contributed by atoms with Crippen molar-refractivity contribution in [2.45, 2.75) is 16.2 Å². The summed E-state index contributed by atoms with van der Waals surface area (Å²) in [6.07, 6.45) is -1.50. The first kappa shape index (κ1) is 14.4. The number of aliphatic hydroxyl groups excluding tert-OH is 1. The molecule has 4 nitrogen and oxygen atoms in total. The van der Waals surface area contributed by atoms with Crippen molar-refractivity contribution in [3.05, 3.63) is 60.2 Å². The van der Waals surface area contributed by atoms with Crippen LogP contribution in [0.1, 0.15) is 10.8 Å². The summed E-state index contributed by atoms with van der Waals surface area (Å²) in [6.45, 7) is 0. The zero-order valence-electron chi connectivity index (χ0n) is 10.6. The number of carbonyl (C=O) groups is 1. The normalized spacial score (nSPS) is 13.7. The maximum Gasteiger partial charge on any atom is 0.334 e. The van der Waals surface area contributed by atoms with Gasteiger partial charge in [-0.3, -0.25) is 0 Å². The average Bonchev–Trinajstić information content (AvgIpc) is 2.46. The minimum Gasteiger partial charge on any atom is -0.479 e. The van der Waals surface area contributed by atoms with E-state index in [0.717, 1.165) is 10.5 Å². The number of para-hydroxylation sites is 1. The number of anilines is 1. The first-order chi connectivity index (χ1) is 9.59. The van der Waals surface area contributed by atoms with E-state index in [0.29, 0.717) is 5.69 Å². The maximum absolute atomic E-state index is 11.1. The van der Waals surface area contributed by atoms with Gasteiger partial charge >= 0.3 is 5.97 Å². The van der Waals surface area contributed by atoms with Gasteiger partial charge in [0.05, 0.1) is 5.25 Å². The van der Waals surface area contributed by atoms with Crippen LogP contribution >= 0.6 is 11.8 Å². The van der Waals surface area contributed by atoms with Crippen LogP contribution in [0.5, 0.6) is 0 Å². The molecule has 0 radical (unpaired) electrons. The van der Waals surface area contributed by atoms with E-state index in [1.807, 2.05) is 36.4 Å². The second-order valence-electron chi connectivity index (χ2n) is 4.27. The lowest BCUT2D eigenvalue weighted by molar-refractivity contribution is -0.146. The van der Waals surface area contributed by atoms with Crippen molar-refractivity contribution in [1.82, 2.24) is 0 Å². The fourth-order valence-corrected chi connectivity index (χ4v) is 2.99. The van der Waals surface area contributed by atoms with Crippen LogP contribution in [0.25, 0.3) is 0 Å². The lowest BCUT2D eigenvalue weighted by atomic mass is 10.1. The molecule has 0 aliphatic rings. The van der Waals surface area contributed by atoms with Gasteiger partial charge in [-0.25, -0.2) is 4.79 Å². The predicted octanol–water partition coefficient (Wildman–Crippen LogP) is 2.55. The van der Waals surface area contributed by atoms with Crippen LogP contribution in [0.4, 0.5) is 5.69 Å². The number of benzene rings is 2. The van der Waals surface area contributed by atoms with E-state index in [4.69, 9.17) is 10.8 Å². The Morgan fingerprint density at radius 3 is 2.25 bits per heavy atom. The van der Waals surface area contributed by atoms with Gasteiger partial charge < -0.3 is 15.9 Å². The first-order valence-electron chi connectivity index (χ1n) is 6.06. The zero-order valence-corrected chi connectivity index (χ0v) is 11.5. The number of nitrogens with two attached hydrogens (primary N) is 1. The van der Waals surface area contributed by atoms with E-state index in [9.17, 15) is 9.90 Å². The fourth-order valence-electron chi connectivity index (χ4n) is 1.81. The Labute approximate surface area is 121 Å². The number of carboxylic acids is 1. The molecule has 104 valence electrons. The summed E-state index contributed by atoms with van der Waals surface area (Å²) >= 11 is 1.25. The van der Waals surface area contributed by atoms with Crippen LogP contribution in [0, 0.1) is 0 Å². The molecule has 0 saturated carbocycles. The molecular weight excluding hydrogens is 274 g/mol. The Bertz CT molecular complexity index is 589. The number of aliphatic carboxylic acids is 1. The minimum absolute atomic E-state index is 0.566. The highest BCUT2D eigenvalue weighted by Gasteiger charge is 2.28. The molecule has 0 amide bonds. The summed E-state index contributed by atoms with van der Waals surface area (Å²) in [7, 11) is 0. The first-order valence-corrected chi connectivity index (χ1v) is 6.94. The van der Waals surface area contributed by atoms with Crippen molar-refractivity contribution in [3.8, 4) is 0 Å². The Morgan fingerprint density at radius 1 is 1.05 bits per heavy atom. The molecule has 0 aliphatic carbocycles. The monoisotopic (exact) mass is 289 g/mol. The summed E-state index contributed by atoms with van der Waals surface area (Å²) in [4.78, 5) is 11.8. The van der Waals surface area contributed by atoms with E-state index in [2.05, 4.69) is 0 Å². The SMILES string of the molecule is Nc1ccccc1S[C@H](c1ccccc1)C(O)C(=O)O. The molecule has 0 aromatic heterocycles. The van der Waals surface area contributed by atoms with E-state index in [1.165, 1.54) is 11.8 Å². The van der Waals surface area contributed by atoms with Crippen LogP contribution < -0.4 is 5.73 Å². The second kappa shape index (κ2) is 6.45. The number of rotatable bonds is 5. The van der Waals surface area contributed by atoms with Crippen LogP contribution in [-0.4, -0.2) is 22.3 Å². The van der Waals surface area contributed by atoms with Crippen molar-refractivity contribution in [2.24, 2.45) is 0 Å². The number of nitrogen functional groups attached to an aromatic ring is 1. The third kappa shape index (κ3) is 3.31. The minimum atomic E-state index is -1.50. The number of carboxylic acid groups (broad SMARTS) is 1. The molecule has 20 heavy (non-hydrogen) atoms. The van der Waals surface area contributed by atoms with Gasteiger partial charge in [-0.05, 0) is 17.7 Å². The number of hydrogen-bond acceptors (Lipinski definition) is 4. The molecule has 2 rings (SSSR count). The number of thioether (sulfide) groups is 1. The van der Waals surface area contributed by atoms with Crippen molar-refractivity contribution < 1.29 is 15.0 Å². The van der Waals surface area contributed by atoms with Crippen molar-refractivity contribution in [2.75, 3.05) is 5.73 Å². The molecule has 4 N–H and O–H groups in total. The third-order valence-corrected chi connectivity index (χ3v) is 4.25. The van der Waals surface area contributed by atoms with E-state index in [1.54, 1.807) is 18.2 Å². The summed E-state index contributed by atoms with van der Waals surface area (Å²) in [5.41, 5.74) is 7.19. The largest absolute Gasteiger partial charge is 0.479 e. The molecule has 0 bridgehead atoms. The van der Waals surface area contributed by atoms with Crippen LogP contribution in [0.3, 0.4) is 0 Å². The quantitative estimate of drug-likeness (QED) is 0.582. The number of hydrogen-bond donors (Lipinski definition) is 3. The van der Waals surface area contributed by atoms with Crippen molar-refractivity contribution >= 4 is 23.4 Å². The van der Waals surface area contributed by atoms with Gasteiger partial charge in [-0.1, -0.05) is 42.5 Å². The fraction of sp³-hybridized carbons (Fsp3) is 0.133. The lowest BCUT2D eigenvalue weighted by Crippen LogP contribution is -2.25. The van der Waals surface area contributed by atoms with Gasteiger partial charge in [0.25, 0.3) is 0 Å². The molecular formula is C15H15NO3S. The van der Waals surface area contributed by atoms with E-state index < -0.39 is 17.3 Å². The molecule has 2 aromatic carbocycles. The molecule has 0 fully saturated rings. The Balaban J connectivity index is 2.33. The molecule has 1 unspecified atom stereocenters. The highest BCUT2D eigenvalue weighted by Crippen LogP contribution is 2.40. The average molecular weight is 289 g/mol. The van der Waals surface area contributed by atoms with Gasteiger partial charge in [-0.15, -0.1) is 11.8 Å². The van der Waals surface area contributed by atoms with Gasteiger partial charge in [0, 0.05) is 10.6 Å². The van der Waals surface area contributed by atoms with Crippen LogP contribution in [0.2, 0.25) is 0 Å². The molecule has 0 saturated heterocycles. The van der Waals surface area contributed by atoms with E-state index >= 15 is 0 Å². The smallest absolute Gasteiger partial charge is 0.334 e. The van der Waals surface area contributed by atoms with Gasteiger partial charge in [0.1, 0.15) is 0 Å². The summed E-state index contributed by atoms with van der Waals surface area (Å²) < 4.78 is 0. The summed E-state index contributed by atoms with van der Waals surface area (Å²) in [5, 5.41) is 18.4. The van der Waals surface area contributed by atoms with Crippen LogP contribution in [0.15, 0.2) is 59.5 Å². The Morgan fingerprint density at radius 2 is 1.65 bits per heavy atom. The zero-order chi connectivity index (χ0) is 14.5. The molecule has 2 atom stereocenters. The summed E-state index contributed by atoms with van der Waals surface area (Å²) in [6, 6.07) is 16.2. The topological polar surface area (TPSA) is 83.5 Å². The third-order valence-electron chi connectivity index (χ3n) is 2.84. The molecule has 0 spiro atoms. The van der Waals surface area contributed by atoms with Gasteiger partial charge in [0.2, 0.25) is 0 Å². The van der Waals surface area contributed by atoms with Gasteiger partial charge in [0.15, 0.2) is 6.10 Å². The molecule has 0 heterocycles. The standard InChI is InChI=1S/C15H15NO3S/c16-11-8-4-5-9-12(11)20-14(13(17)15(18)19)10-6-2-1-3-7-10/h1-9,13-14,17H,16H2,(H,18,19)/t13?,14-/m1/s1. The predicted molar refractivity (Wildman–Crippen MR) is 79.5 cm³/mol. The maximum atomic E-state index is 11.1. The molecule has 5 heteroatoms. The number of aliphatic hydroxyl groups is 1. The Kier molecular flexibility index (Phi) is 4.65.